The van der Waals surface area contributed by atoms with E-state index < -0.39 is 0 Å². The number of hydrogen-bond acceptors (Lipinski definition) is 0. The summed E-state index contributed by atoms with van der Waals surface area (Å²) in [7, 11) is 0. The molecule has 0 N–H and O–H groups in total. The molecule has 1 aromatic rings. The molecule has 1 unspecified atom stereocenters. The second kappa shape index (κ2) is 9.27. The Kier molecular flexibility index (Phi) is 7.79. The maximum absolute atomic E-state index is 3.07. The first kappa shape index (κ1) is 14.3. The smallest absolute Gasteiger partial charge is 0.0184 e. The van der Waals surface area contributed by atoms with Crippen molar-refractivity contribution in [2.24, 2.45) is 5.92 Å². The lowest BCUT2D eigenvalue weighted by Crippen LogP contribution is -1.96. The normalized spacial score (nSPS) is 12.6. The van der Waals surface area contributed by atoms with Crippen molar-refractivity contribution in [2.75, 3.05) is 0 Å². The minimum Gasteiger partial charge on any atom is -0.0654 e. The molecule has 0 aromatic heterocycles. The molecule has 0 saturated heterocycles. The van der Waals surface area contributed by atoms with E-state index in [9.17, 15) is 0 Å². The molecule has 0 fully saturated rings. The molecule has 17 heavy (non-hydrogen) atoms. The van der Waals surface area contributed by atoms with Crippen LogP contribution in [-0.4, -0.2) is 0 Å². The first-order chi connectivity index (χ1) is 8.33. The highest BCUT2D eigenvalue weighted by Gasteiger charge is 2.02. The van der Waals surface area contributed by atoms with Crippen LogP contribution >= 0.6 is 0 Å². The third-order valence-electron chi connectivity index (χ3n) is 3.50. The van der Waals surface area contributed by atoms with Gasteiger partial charge in [-0.1, -0.05) is 76.6 Å². The Balaban J connectivity index is 2.02. The van der Waals surface area contributed by atoms with Crippen LogP contribution in [0.25, 0.3) is 0 Å². The molecule has 0 amide bonds. The highest BCUT2D eigenvalue weighted by atomic mass is 14.1. The van der Waals surface area contributed by atoms with Crippen LogP contribution in [-0.2, 0) is 6.42 Å². The molecule has 0 aliphatic heterocycles. The van der Waals surface area contributed by atoms with Crippen LogP contribution in [0, 0.1) is 12.0 Å². The van der Waals surface area contributed by atoms with Gasteiger partial charge < -0.3 is 0 Å². The average molecular weight is 231 g/mol. The lowest BCUT2D eigenvalue weighted by Gasteiger charge is -2.10. The van der Waals surface area contributed by atoms with Crippen LogP contribution in [0.15, 0.2) is 24.3 Å². The molecule has 1 aromatic carbocycles. The third kappa shape index (κ3) is 7.20. The molecule has 0 nitrogen and oxygen atoms in total. The molecule has 1 atom stereocenters. The Labute approximate surface area is 107 Å². The van der Waals surface area contributed by atoms with Crippen LogP contribution < -0.4 is 0 Å². The molecule has 0 spiro atoms. The largest absolute Gasteiger partial charge is 0.0654 e. The summed E-state index contributed by atoms with van der Waals surface area (Å²) in [5, 5.41) is 0. The van der Waals surface area contributed by atoms with Crippen molar-refractivity contribution in [3.63, 3.8) is 0 Å². The molecular formula is C17H27. The fourth-order valence-corrected chi connectivity index (χ4v) is 2.31. The van der Waals surface area contributed by atoms with E-state index >= 15 is 0 Å². The first-order valence-electron chi connectivity index (χ1n) is 7.28. The summed E-state index contributed by atoms with van der Waals surface area (Å²) >= 11 is 0. The number of rotatable bonds is 9. The van der Waals surface area contributed by atoms with E-state index in [-0.39, 0.29) is 0 Å². The van der Waals surface area contributed by atoms with Crippen molar-refractivity contribution in [1.29, 1.82) is 0 Å². The summed E-state index contributed by atoms with van der Waals surface area (Å²) in [5.41, 5.74) is 1.46. The Bertz CT molecular complexity index is 263. The summed E-state index contributed by atoms with van der Waals surface area (Å²) in [6.07, 6.45) is 11.0. The molecule has 0 heteroatoms. The maximum Gasteiger partial charge on any atom is -0.0184 e. The molecule has 1 rings (SSSR count). The minimum atomic E-state index is 0.905. The first-order valence-corrected chi connectivity index (χ1v) is 7.28. The third-order valence-corrected chi connectivity index (χ3v) is 3.50. The second-order valence-corrected chi connectivity index (χ2v) is 5.25. The fourth-order valence-electron chi connectivity index (χ4n) is 2.31. The average Bonchev–Trinajstić information content (AvgIpc) is 2.36. The van der Waals surface area contributed by atoms with Gasteiger partial charge in [0.15, 0.2) is 0 Å². The fraction of sp³-hybridized carbons (Fsp3) is 0.647. The van der Waals surface area contributed by atoms with E-state index in [0.717, 1.165) is 5.92 Å². The summed E-state index contributed by atoms with van der Waals surface area (Å²) in [6, 6.07) is 11.5. The highest BCUT2D eigenvalue weighted by Crippen LogP contribution is 2.17. The molecule has 0 heterocycles. The SMILES string of the molecule is CCCCCCC(C)CCCc1cc[c]cc1. The second-order valence-electron chi connectivity index (χ2n) is 5.25. The Morgan fingerprint density at radius 1 is 1.00 bits per heavy atom. The zero-order valence-corrected chi connectivity index (χ0v) is 11.5. The minimum absolute atomic E-state index is 0.905. The van der Waals surface area contributed by atoms with Gasteiger partial charge in [0, 0.05) is 0 Å². The monoisotopic (exact) mass is 231 g/mol. The van der Waals surface area contributed by atoms with Gasteiger partial charge in [-0.05, 0) is 30.4 Å². The van der Waals surface area contributed by atoms with Crippen LogP contribution in [0.2, 0.25) is 0 Å². The predicted octanol–water partition coefficient (Wildman–Crippen LogP) is 5.42. The van der Waals surface area contributed by atoms with Crippen molar-refractivity contribution in [3.8, 4) is 0 Å². The molecular weight excluding hydrogens is 204 g/mol. The molecule has 0 aliphatic rings. The van der Waals surface area contributed by atoms with Gasteiger partial charge in [-0.25, -0.2) is 0 Å². The summed E-state index contributed by atoms with van der Waals surface area (Å²) in [4.78, 5) is 0. The van der Waals surface area contributed by atoms with Crippen LogP contribution in [0.1, 0.15) is 64.4 Å². The number of aryl methyl sites for hydroxylation is 1. The van der Waals surface area contributed by atoms with Gasteiger partial charge >= 0.3 is 0 Å². The van der Waals surface area contributed by atoms with Gasteiger partial charge in [-0.2, -0.15) is 0 Å². The van der Waals surface area contributed by atoms with E-state index in [1.54, 1.807) is 0 Å². The van der Waals surface area contributed by atoms with Crippen molar-refractivity contribution >= 4 is 0 Å². The van der Waals surface area contributed by atoms with Gasteiger partial charge in [-0.15, -0.1) is 0 Å². The Morgan fingerprint density at radius 3 is 2.41 bits per heavy atom. The number of hydrogen-bond donors (Lipinski definition) is 0. The summed E-state index contributed by atoms with van der Waals surface area (Å²) in [6.45, 7) is 4.69. The zero-order valence-electron chi connectivity index (χ0n) is 11.5. The zero-order chi connectivity index (χ0) is 12.3. The van der Waals surface area contributed by atoms with E-state index in [1.165, 1.54) is 56.9 Å². The van der Waals surface area contributed by atoms with E-state index in [0.29, 0.717) is 0 Å². The summed E-state index contributed by atoms with van der Waals surface area (Å²) < 4.78 is 0. The molecule has 0 bridgehead atoms. The van der Waals surface area contributed by atoms with E-state index in [1.807, 2.05) is 12.1 Å². The van der Waals surface area contributed by atoms with Crippen LogP contribution in [0.5, 0.6) is 0 Å². The van der Waals surface area contributed by atoms with Crippen LogP contribution in [0.3, 0.4) is 0 Å². The van der Waals surface area contributed by atoms with Gasteiger partial charge in [0.2, 0.25) is 0 Å². The lowest BCUT2D eigenvalue weighted by molar-refractivity contribution is 0.447. The van der Waals surface area contributed by atoms with Gasteiger partial charge in [0.05, 0.1) is 0 Å². The summed E-state index contributed by atoms with van der Waals surface area (Å²) in [5.74, 6) is 0.905. The van der Waals surface area contributed by atoms with Gasteiger partial charge in [0.25, 0.3) is 0 Å². The van der Waals surface area contributed by atoms with Crippen molar-refractivity contribution in [2.45, 2.75) is 65.2 Å². The predicted molar refractivity (Wildman–Crippen MR) is 76.1 cm³/mol. The molecule has 1 radical (unpaired) electrons. The van der Waals surface area contributed by atoms with Crippen molar-refractivity contribution in [1.82, 2.24) is 0 Å². The Morgan fingerprint density at radius 2 is 1.71 bits per heavy atom. The molecule has 0 saturated carbocycles. The Hall–Kier alpha value is -0.780. The van der Waals surface area contributed by atoms with Crippen molar-refractivity contribution in [3.05, 3.63) is 35.9 Å². The van der Waals surface area contributed by atoms with Crippen LogP contribution in [0.4, 0.5) is 0 Å². The van der Waals surface area contributed by atoms with E-state index in [2.05, 4.69) is 32.0 Å². The number of unbranched alkanes of at least 4 members (excludes halogenated alkanes) is 3. The van der Waals surface area contributed by atoms with Gasteiger partial charge in [0.1, 0.15) is 0 Å². The van der Waals surface area contributed by atoms with E-state index in [4.69, 9.17) is 0 Å². The van der Waals surface area contributed by atoms with Gasteiger partial charge in [-0.3, -0.25) is 0 Å². The maximum atomic E-state index is 3.07. The van der Waals surface area contributed by atoms with Crippen molar-refractivity contribution < 1.29 is 0 Å². The molecule has 0 aliphatic carbocycles. The molecule has 95 valence electrons. The topological polar surface area (TPSA) is 0 Å². The lowest BCUT2D eigenvalue weighted by atomic mass is 9.96. The number of benzene rings is 1. The highest BCUT2D eigenvalue weighted by molar-refractivity contribution is 5.13. The standard InChI is InChI=1S/C17H27/c1-3-4-5-7-11-16(2)12-10-15-17-13-8-6-9-14-17/h8-9,13-14,16H,3-5,7,10-12,15H2,1-2H3. The quantitative estimate of drug-likeness (QED) is 0.498.